The average molecular weight is 344 g/mol. The highest BCUT2D eigenvalue weighted by Crippen LogP contribution is 2.69. The number of hydrogen-bond acceptors (Lipinski definition) is 4. The highest BCUT2D eigenvalue weighted by molar-refractivity contribution is 5.76. The molecule has 4 nitrogen and oxygen atoms in total. The maximum atomic E-state index is 12.4. The van der Waals surface area contributed by atoms with E-state index < -0.39 is 0 Å². The normalized spacial score (nSPS) is 47.4. The molecule has 25 heavy (non-hydrogen) atoms. The van der Waals surface area contributed by atoms with Gasteiger partial charge in [0.05, 0.1) is 18.4 Å². The van der Waals surface area contributed by atoms with Crippen LogP contribution in [0.5, 0.6) is 0 Å². The summed E-state index contributed by atoms with van der Waals surface area (Å²) in [5.41, 5.74) is 1.47. The Hall–Kier alpha value is -1.32. The van der Waals surface area contributed by atoms with Crippen molar-refractivity contribution in [2.75, 3.05) is 6.61 Å². The number of allylic oxidation sites excluding steroid dienone is 1. The Morgan fingerprint density at radius 1 is 1.16 bits per heavy atom. The Labute approximate surface area is 149 Å². The molecule has 9 unspecified atom stereocenters. The third-order valence-electron chi connectivity index (χ3n) is 8.12. The van der Waals surface area contributed by atoms with Gasteiger partial charge in [0.15, 0.2) is 0 Å². The van der Waals surface area contributed by atoms with Crippen LogP contribution in [0.1, 0.15) is 40.0 Å². The van der Waals surface area contributed by atoms with Crippen molar-refractivity contribution in [2.45, 2.75) is 46.1 Å². The number of hydrogen-bond donors (Lipinski definition) is 0. The van der Waals surface area contributed by atoms with E-state index in [1.165, 1.54) is 12.0 Å². The van der Waals surface area contributed by atoms with Crippen molar-refractivity contribution in [1.82, 2.24) is 0 Å². The van der Waals surface area contributed by atoms with E-state index in [2.05, 4.69) is 19.9 Å². The molecule has 0 aromatic heterocycles. The summed E-state index contributed by atoms with van der Waals surface area (Å²) in [6, 6.07) is 0. The van der Waals surface area contributed by atoms with Crippen molar-refractivity contribution >= 4 is 11.9 Å². The lowest BCUT2D eigenvalue weighted by molar-refractivity contribution is -0.153. The summed E-state index contributed by atoms with van der Waals surface area (Å²) in [6.45, 7) is 6.73. The lowest BCUT2D eigenvalue weighted by Gasteiger charge is -2.34. The zero-order chi connectivity index (χ0) is 17.5. The van der Waals surface area contributed by atoms with Gasteiger partial charge in [-0.3, -0.25) is 9.59 Å². The smallest absolute Gasteiger partial charge is 0.309 e. The van der Waals surface area contributed by atoms with Crippen LogP contribution in [0.25, 0.3) is 0 Å². The van der Waals surface area contributed by atoms with Crippen molar-refractivity contribution in [2.24, 2.45) is 53.3 Å². The molecule has 4 bridgehead atoms. The zero-order valence-electron chi connectivity index (χ0n) is 15.3. The first-order valence-corrected chi connectivity index (χ1v) is 10.0. The Balaban J connectivity index is 1.36. The quantitative estimate of drug-likeness (QED) is 0.448. The second kappa shape index (κ2) is 5.34. The molecule has 0 aromatic carbocycles. The molecule has 4 fully saturated rings. The fourth-order valence-corrected chi connectivity index (χ4v) is 6.81. The molecular formula is C21H28O4. The van der Waals surface area contributed by atoms with Crippen molar-refractivity contribution in [1.29, 1.82) is 0 Å². The standard InChI is InChI=1S/C21H28O4/c1-9(2)10(3)20(22)25-13-5-11-4-12(6-13)18-15-7-14(17(11)18)16-8-24-21(23)19(15)16/h6,9-11,13-19H,4-5,7-8H2,1-3H3. The summed E-state index contributed by atoms with van der Waals surface area (Å²) in [5, 5.41) is 0. The van der Waals surface area contributed by atoms with Gasteiger partial charge in [0.1, 0.15) is 6.10 Å². The minimum Gasteiger partial charge on any atom is -0.465 e. The highest BCUT2D eigenvalue weighted by Gasteiger charge is 2.67. The van der Waals surface area contributed by atoms with Crippen LogP contribution in [0.2, 0.25) is 0 Å². The van der Waals surface area contributed by atoms with Crippen molar-refractivity contribution < 1.29 is 19.1 Å². The van der Waals surface area contributed by atoms with E-state index in [0.717, 1.165) is 12.8 Å². The topological polar surface area (TPSA) is 52.6 Å². The van der Waals surface area contributed by atoms with Gasteiger partial charge in [-0.2, -0.15) is 0 Å². The molecule has 1 heterocycles. The molecule has 0 amide bonds. The van der Waals surface area contributed by atoms with E-state index in [-0.39, 0.29) is 29.9 Å². The Bertz CT molecular complexity index is 650. The molecule has 0 N–H and O–H groups in total. The summed E-state index contributed by atoms with van der Waals surface area (Å²) in [7, 11) is 0. The number of rotatable bonds is 3. The molecule has 0 aromatic rings. The summed E-state index contributed by atoms with van der Waals surface area (Å²) >= 11 is 0. The Kier molecular flexibility index (Phi) is 3.40. The van der Waals surface area contributed by atoms with Crippen LogP contribution in [-0.4, -0.2) is 24.6 Å². The van der Waals surface area contributed by atoms with E-state index in [0.29, 0.717) is 48.0 Å². The van der Waals surface area contributed by atoms with Crippen molar-refractivity contribution in [3.63, 3.8) is 0 Å². The van der Waals surface area contributed by atoms with E-state index in [1.54, 1.807) is 0 Å². The molecule has 1 saturated heterocycles. The SMILES string of the molecule is CC(C)C(C)C(=O)OC1C=C2CC(C1)C1C3CC(C4C(=O)OCC34)C21. The zero-order valence-corrected chi connectivity index (χ0v) is 15.3. The van der Waals surface area contributed by atoms with Crippen LogP contribution in [0, 0.1) is 53.3 Å². The van der Waals surface area contributed by atoms with Gasteiger partial charge in [-0.15, -0.1) is 0 Å². The first-order chi connectivity index (χ1) is 12.0. The first kappa shape index (κ1) is 15.9. The average Bonchev–Trinajstić information content (AvgIpc) is 3.28. The predicted molar refractivity (Wildman–Crippen MR) is 91.2 cm³/mol. The summed E-state index contributed by atoms with van der Waals surface area (Å²) in [6.07, 6.45) is 5.52. The second-order valence-corrected chi connectivity index (χ2v) is 9.44. The fraction of sp³-hybridized carbons (Fsp3) is 0.810. The summed E-state index contributed by atoms with van der Waals surface area (Å²) < 4.78 is 11.2. The van der Waals surface area contributed by atoms with Crippen LogP contribution in [-0.2, 0) is 19.1 Å². The molecule has 3 saturated carbocycles. The van der Waals surface area contributed by atoms with Gasteiger partial charge >= 0.3 is 11.9 Å². The maximum Gasteiger partial charge on any atom is 0.309 e. The van der Waals surface area contributed by atoms with E-state index in [4.69, 9.17) is 9.47 Å². The Morgan fingerprint density at radius 2 is 1.96 bits per heavy atom. The van der Waals surface area contributed by atoms with Crippen LogP contribution in [0.15, 0.2) is 11.6 Å². The third-order valence-corrected chi connectivity index (χ3v) is 8.12. The van der Waals surface area contributed by atoms with E-state index >= 15 is 0 Å². The molecule has 136 valence electrons. The van der Waals surface area contributed by atoms with E-state index in [1.807, 2.05) is 6.92 Å². The second-order valence-electron chi connectivity index (χ2n) is 9.44. The molecule has 0 spiro atoms. The molecular weight excluding hydrogens is 316 g/mol. The van der Waals surface area contributed by atoms with Gasteiger partial charge in [-0.1, -0.05) is 26.3 Å². The van der Waals surface area contributed by atoms with Gasteiger partial charge in [0.2, 0.25) is 0 Å². The number of cyclic esters (lactones) is 1. The molecule has 0 radical (unpaired) electrons. The predicted octanol–water partition coefficient (Wildman–Crippen LogP) is 3.21. The van der Waals surface area contributed by atoms with Crippen LogP contribution >= 0.6 is 0 Å². The van der Waals surface area contributed by atoms with Crippen LogP contribution in [0.4, 0.5) is 0 Å². The summed E-state index contributed by atoms with van der Waals surface area (Å²) in [4.78, 5) is 24.5. The monoisotopic (exact) mass is 344 g/mol. The van der Waals surface area contributed by atoms with Gasteiger partial charge in [0.25, 0.3) is 0 Å². The number of carbonyl (C=O) groups is 2. The lowest BCUT2D eigenvalue weighted by atomic mass is 9.68. The minimum absolute atomic E-state index is 0.0479. The van der Waals surface area contributed by atoms with Gasteiger partial charge in [-0.25, -0.2) is 0 Å². The largest absolute Gasteiger partial charge is 0.465 e. The number of ether oxygens (including phenoxy) is 2. The fourth-order valence-electron chi connectivity index (χ4n) is 6.81. The highest BCUT2D eigenvalue weighted by atomic mass is 16.5. The lowest BCUT2D eigenvalue weighted by Crippen LogP contribution is -2.35. The Morgan fingerprint density at radius 3 is 2.72 bits per heavy atom. The van der Waals surface area contributed by atoms with Crippen LogP contribution < -0.4 is 0 Å². The molecule has 5 rings (SSSR count). The van der Waals surface area contributed by atoms with Gasteiger partial charge < -0.3 is 9.47 Å². The number of esters is 2. The molecule has 4 aliphatic carbocycles. The maximum absolute atomic E-state index is 12.4. The van der Waals surface area contributed by atoms with Crippen LogP contribution in [0.3, 0.4) is 0 Å². The molecule has 4 heteroatoms. The molecule has 5 aliphatic rings. The van der Waals surface area contributed by atoms with Gasteiger partial charge in [0, 0.05) is 5.92 Å². The number of carbonyl (C=O) groups excluding carboxylic acids is 2. The summed E-state index contributed by atoms with van der Waals surface area (Å²) in [5.74, 6) is 3.84. The van der Waals surface area contributed by atoms with Crippen molar-refractivity contribution in [3.8, 4) is 0 Å². The number of fused-ring (bicyclic) bond motifs is 12. The molecule has 9 atom stereocenters. The van der Waals surface area contributed by atoms with E-state index in [9.17, 15) is 9.59 Å². The first-order valence-electron chi connectivity index (χ1n) is 10.0. The van der Waals surface area contributed by atoms with Crippen molar-refractivity contribution in [3.05, 3.63) is 11.6 Å². The minimum atomic E-state index is -0.0632. The van der Waals surface area contributed by atoms with Gasteiger partial charge in [-0.05, 0) is 60.8 Å². The third kappa shape index (κ3) is 2.12. The molecule has 1 aliphatic heterocycles.